The van der Waals surface area contributed by atoms with Crippen molar-refractivity contribution in [1.82, 2.24) is 15.0 Å². The fourth-order valence-corrected chi connectivity index (χ4v) is 7.74. The molecule has 8 bridgehead atoms. The standard InChI is InChI=1S/C38H38N4O6.Mg/c1-9-14-47-31(43)13-12-24-20(6)27-15-25-18(4)22(10-2)29(39-25)16-26-19(5)23(11-3)30(40-26)17-28-21(7)32-35(42-28)33(34(24)41-27)37(36(44)46-8)38(32,45)48-37;/h9-10,15-17,20,24,45H,1-2,11-14H2,3-8H3;/q-4;+2/b26-16-,27-15-,30-17-,34-33+;/t20-,24-,37+,38+;/m0./s1. The Morgan fingerprint density at radius 1 is 1.02 bits per heavy atom. The Balaban J connectivity index is 0.00000417. The molecule has 250 valence electrons. The molecule has 0 saturated carbocycles. The molecule has 4 atom stereocenters. The van der Waals surface area contributed by atoms with Crippen LogP contribution in [0.2, 0.25) is 0 Å². The Hall–Kier alpha value is -4.03. The Labute approximate surface area is 301 Å². The van der Waals surface area contributed by atoms with Crippen molar-refractivity contribution in [2.45, 2.75) is 65.3 Å². The SMILES string of the molecule is C=CCOC(=O)CC[C@@H]1/C2=C3/c4[n-]c(c(C)c4[C@@]4(O)O[C@@]34C(=O)OC)/C=c3\[n-]/c(c(C)c3CC)=C\c3[n-]c(c(C)c3C=C)/C=C(\[N-]2)[C@H]1C.[Mg+2]. The van der Waals surface area contributed by atoms with Crippen LogP contribution in [0.1, 0.15) is 82.8 Å². The number of epoxide rings is 1. The van der Waals surface area contributed by atoms with Gasteiger partial charge < -0.3 is 39.6 Å². The summed E-state index contributed by atoms with van der Waals surface area (Å²) in [6.45, 7) is 17.8. The second-order valence-corrected chi connectivity index (χ2v) is 12.9. The maximum absolute atomic E-state index is 13.6. The fourth-order valence-electron chi connectivity index (χ4n) is 7.74. The Morgan fingerprint density at radius 3 is 2.41 bits per heavy atom. The number of fused-ring (bicyclic) bond motifs is 10. The number of methoxy groups -OCH3 is 1. The molecular formula is C38H38MgN4O6-2. The van der Waals surface area contributed by atoms with Crippen molar-refractivity contribution < 1.29 is 28.9 Å². The Kier molecular flexibility index (Phi) is 8.80. The van der Waals surface area contributed by atoms with Crippen LogP contribution in [0, 0.1) is 32.6 Å². The molecule has 4 aliphatic rings. The molecule has 0 radical (unpaired) electrons. The van der Waals surface area contributed by atoms with Crippen molar-refractivity contribution in [3.05, 3.63) is 103 Å². The summed E-state index contributed by atoms with van der Waals surface area (Å²) in [5, 5.41) is 18.8. The Bertz CT molecular complexity index is 2130. The summed E-state index contributed by atoms with van der Waals surface area (Å²) >= 11 is 0. The first-order chi connectivity index (χ1) is 22.9. The van der Waals surface area contributed by atoms with Crippen molar-refractivity contribution in [2.24, 2.45) is 11.8 Å². The topological polar surface area (TPSA) is 142 Å². The summed E-state index contributed by atoms with van der Waals surface area (Å²) < 4.78 is 16.6. The monoisotopic (exact) mass is 670 g/mol. The van der Waals surface area contributed by atoms with E-state index in [1.54, 1.807) is 6.08 Å². The molecule has 6 heterocycles. The average Bonchev–Trinajstić information content (AvgIpc) is 3.43. The summed E-state index contributed by atoms with van der Waals surface area (Å²) in [4.78, 5) is 41.4. The molecule has 0 spiro atoms. The van der Waals surface area contributed by atoms with Crippen molar-refractivity contribution in [1.29, 1.82) is 0 Å². The molecule has 2 fully saturated rings. The quantitative estimate of drug-likeness (QED) is 0.165. The average molecular weight is 671 g/mol. The molecule has 1 aliphatic carbocycles. The van der Waals surface area contributed by atoms with Crippen LogP contribution in [0.5, 0.6) is 0 Å². The zero-order chi connectivity index (χ0) is 34.3. The van der Waals surface area contributed by atoms with Gasteiger partial charge >= 0.3 is 35.0 Å². The van der Waals surface area contributed by atoms with Gasteiger partial charge in [0.1, 0.15) is 6.61 Å². The van der Waals surface area contributed by atoms with Gasteiger partial charge in [-0.25, -0.2) is 4.79 Å². The third-order valence-electron chi connectivity index (χ3n) is 10.4. The number of allylic oxidation sites excluding steroid dienone is 2. The summed E-state index contributed by atoms with van der Waals surface area (Å²) in [6, 6.07) is 0. The largest absolute Gasteiger partial charge is 2.00 e. The zero-order valence-electron chi connectivity index (χ0n) is 28.8. The molecule has 3 aromatic rings. The van der Waals surface area contributed by atoms with Gasteiger partial charge in [-0.15, -0.1) is 33.5 Å². The number of carbonyl (C=O) groups excluding carboxylic acids is 2. The van der Waals surface area contributed by atoms with E-state index >= 15 is 0 Å². The first-order valence-electron chi connectivity index (χ1n) is 16.2. The van der Waals surface area contributed by atoms with Crippen LogP contribution in [0.25, 0.3) is 35.2 Å². The van der Waals surface area contributed by atoms with E-state index in [2.05, 4.69) is 27.0 Å². The molecule has 2 saturated heterocycles. The summed E-state index contributed by atoms with van der Waals surface area (Å²) in [6.07, 6.45) is 10.4. The van der Waals surface area contributed by atoms with Crippen LogP contribution >= 0.6 is 0 Å². The zero-order valence-corrected chi connectivity index (χ0v) is 30.2. The number of aliphatic hydroxyl groups is 1. The number of hydrogen-bond donors (Lipinski definition) is 1. The number of carbonyl (C=O) groups is 2. The normalized spacial score (nSPS) is 28.0. The van der Waals surface area contributed by atoms with Gasteiger partial charge in [-0.1, -0.05) is 79.6 Å². The number of nitrogens with zero attached hydrogens (tertiary/aromatic N) is 4. The maximum atomic E-state index is 13.6. The first-order valence-corrected chi connectivity index (χ1v) is 16.2. The molecule has 0 unspecified atom stereocenters. The van der Waals surface area contributed by atoms with Crippen LogP contribution in [-0.2, 0) is 36.0 Å². The van der Waals surface area contributed by atoms with Crippen LogP contribution in [0.15, 0.2) is 30.6 Å². The molecule has 7 rings (SSSR count). The maximum Gasteiger partial charge on any atom is 2.00 e. The molecule has 0 aromatic carbocycles. The van der Waals surface area contributed by atoms with E-state index in [1.165, 1.54) is 13.2 Å². The number of rotatable bonds is 8. The molecule has 10 nitrogen and oxygen atoms in total. The predicted molar refractivity (Wildman–Crippen MR) is 186 cm³/mol. The van der Waals surface area contributed by atoms with Crippen molar-refractivity contribution in [2.75, 3.05) is 13.7 Å². The minimum atomic E-state index is -1.98. The number of aromatic nitrogens is 3. The van der Waals surface area contributed by atoms with Gasteiger partial charge in [0.15, 0.2) is 0 Å². The second-order valence-electron chi connectivity index (χ2n) is 12.9. The third kappa shape index (κ3) is 4.88. The van der Waals surface area contributed by atoms with Crippen LogP contribution in [0.3, 0.4) is 0 Å². The molecule has 49 heavy (non-hydrogen) atoms. The van der Waals surface area contributed by atoms with E-state index < -0.39 is 17.4 Å². The van der Waals surface area contributed by atoms with Crippen LogP contribution in [0.4, 0.5) is 0 Å². The van der Waals surface area contributed by atoms with Crippen molar-refractivity contribution in [3.8, 4) is 0 Å². The minimum absolute atomic E-state index is 0. The van der Waals surface area contributed by atoms with Gasteiger partial charge in [0.05, 0.1) is 7.11 Å². The van der Waals surface area contributed by atoms with Crippen molar-refractivity contribution in [3.63, 3.8) is 0 Å². The molecule has 0 amide bonds. The van der Waals surface area contributed by atoms with Crippen LogP contribution < -0.4 is 25.7 Å². The molecule has 11 heteroatoms. The molecule has 1 N–H and O–H groups in total. The smallest absolute Gasteiger partial charge is 0.664 e. The van der Waals surface area contributed by atoms with E-state index in [9.17, 15) is 14.7 Å². The van der Waals surface area contributed by atoms with Gasteiger partial charge in [0, 0.05) is 12.0 Å². The Morgan fingerprint density at radius 2 is 1.73 bits per heavy atom. The second kappa shape index (κ2) is 12.4. The third-order valence-corrected chi connectivity index (χ3v) is 10.4. The van der Waals surface area contributed by atoms with E-state index in [0.717, 1.165) is 50.8 Å². The predicted octanol–water partition coefficient (Wildman–Crippen LogP) is 3.28. The fraction of sp³-hybridized carbons (Fsp3) is 0.368. The number of esters is 2. The van der Waals surface area contributed by atoms with Gasteiger partial charge in [0.25, 0.3) is 0 Å². The summed E-state index contributed by atoms with van der Waals surface area (Å²) in [5.41, 5.74) is 7.33. The molecule has 3 aromatic heterocycles. The summed E-state index contributed by atoms with van der Waals surface area (Å²) in [5.74, 6) is -3.65. The number of hydrogen-bond acceptors (Lipinski definition) is 6. The van der Waals surface area contributed by atoms with Gasteiger partial charge in [-0.2, -0.15) is 11.4 Å². The summed E-state index contributed by atoms with van der Waals surface area (Å²) in [7, 11) is 1.26. The minimum Gasteiger partial charge on any atom is -0.664 e. The first kappa shape index (κ1) is 34.8. The van der Waals surface area contributed by atoms with Crippen LogP contribution in [-0.4, -0.2) is 59.4 Å². The molecule has 3 aliphatic heterocycles. The molecular weight excluding hydrogens is 633 g/mol. The van der Waals surface area contributed by atoms with E-state index in [4.69, 9.17) is 34.5 Å². The number of ether oxygens (including phenoxy) is 3. The van der Waals surface area contributed by atoms with E-state index in [1.807, 2.05) is 39.0 Å². The van der Waals surface area contributed by atoms with Gasteiger partial charge in [-0.05, 0) is 56.6 Å². The van der Waals surface area contributed by atoms with Gasteiger partial charge in [0.2, 0.25) is 11.4 Å². The van der Waals surface area contributed by atoms with E-state index in [-0.39, 0.29) is 53.9 Å². The van der Waals surface area contributed by atoms with Crippen molar-refractivity contribution >= 4 is 64.9 Å². The van der Waals surface area contributed by atoms with E-state index in [0.29, 0.717) is 45.9 Å². The van der Waals surface area contributed by atoms with Gasteiger partial charge in [-0.3, -0.25) is 4.79 Å².